The Bertz CT molecular complexity index is 4250. The number of nitrogens with zero attached hydrogens (tertiary/aromatic N) is 4. The van der Waals surface area contributed by atoms with Crippen molar-refractivity contribution >= 4 is 46.3 Å². The average molecular weight is 1360 g/mol. The van der Waals surface area contributed by atoms with Crippen molar-refractivity contribution in [3.63, 3.8) is 0 Å². The highest BCUT2D eigenvalue weighted by molar-refractivity contribution is 6.39. The van der Waals surface area contributed by atoms with E-state index in [1.54, 1.807) is 87.5 Å². The Hall–Kier alpha value is -9.20. The van der Waals surface area contributed by atoms with E-state index in [4.69, 9.17) is 96.9 Å². The largest absolute Gasteiger partial charge is 0.497 e. The molecule has 496 valence electrons. The number of benzene rings is 7. The van der Waals surface area contributed by atoms with Crippen LogP contribution in [0, 0.1) is 19.7 Å². The maximum absolute atomic E-state index is 15.0. The second-order valence-electron chi connectivity index (χ2n) is 22.6. The Labute approximate surface area is 572 Å². The summed E-state index contributed by atoms with van der Waals surface area (Å²) < 4.78 is 85.7. The standard InChI is InChI=1S/C76H72Cl3FN4O12/c1-8-40-89-45-59(46-93-76(51-17-11-10-12-18-51,52-24-30-56(86-5)31-25-52)53-26-32-57(87-6)33-27-53)95-71-68(77)47(3)65(48(4)69(71)78)67-66(49-22-28-54(80)29-23-49)72(79)84-39-38-82-74(70(67)84)96-63(75(85)90-9-2)43-50-42-58(94-64-21-15-16-41-91-64)34-35-61(50)92-44-55-36-37-81-73(83-55)60-19-13-14-20-62(60)88-7/h8,10-14,17-20,22-39,42,59,63-64H,1,9,15-16,21,40-41,43-46H2,2-7H3/t59-,63-,64?/m1/s1. The molecule has 1 saturated heterocycles. The lowest BCUT2D eigenvalue weighted by Gasteiger charge is -2.37. The van der Waals surface area contributed by atoms with Crippen molar-refractivity contribution in [2.75, 3.05) is 54.4 Å². The van der Waals surface area contributed by atoms with E-state index in [0.29, 0.717) is 103 Å². The fourth-order valence-corrected chi connectivity index (χ4v) is 12.7. The van der Waals surface area contributed by atoms with Gasteiger partial charge in [0.05, 0.1) is 75.7 Å². The number of fused-ring (bicyclic) bond motifs is 1. The zero-order valence-corrected chi connectivity index (χ0v) is 56.2. The third-order valence-electron chi connectivity index (χ3n) is 16.5. The van der Waals surface area contributed by atoms with E-state index < -0.39 is 35.9 Å². The molecule has 10 aromatic rings. The summed E-state index contributed by atoms with van der Waals surface area (Å²) in [6.07, 6.45) is 6.22. The number of carbonyl (C=O) groups excluding carboxylic acids is 1. The number of halogens is 4. The van der Waals surface area contributed by atoms with Gasteiger partial charge < -0.3 is 56.5 Å². The van der Waals surface area contributed by atoms with E-state index in [0.717, 1.165) is 29.5 Å². The van der Waals surface area contributed by atoms with Crippen LogP contribution in [-0.2, 0) is 42.4 Å². The van der Waals surface area contributed by atoms with Crippen LogP contribution in [0.5, 0.6) is 40.4 Å². The summed E-state index contributed by atoms with van der Waals surface area (Å²) in [5, 5.41) is 0.502. The first kappa shape index (κ1) is 68.2. The van der Waals surface area contributed by atoms with Gasteiger partial charge in [-0.15, -0.1) is 6.58 Å². The van der Waals surface area contributed by atoms with Crippen molar-refractivity contribution in [3.8, 4) is 74.0 Å². The molecular formula is C76H72Cl3FN4O12. The summed E-state index contributed by atoms with van der Waals surface area (Å²) in [5.74, 6) is 2.25. The van der Waals surface area contributed by atoms with Gasteiger partial charge in [-0.05, 0) is 145 Å². The zero-order valence-electron chi connectivity index (χ0n) is 54.0. The molecule has 0 N–H and O–H groups in total. The Morgan fingerprint density at radius 1 is 0.740 bits per heavy atom. The zero-order chi connectivity index (χ0) is 67.3. The maximum Gasteiger partial charge on any atom is 0.347 e. The number of hydrogen-bond acceptors (Lipinski definition) is 15. The molecule has 0 radical (unpaired) electrons. The molecule has 3 aromatic heterocycles. The molecule has 7 aromatic carbocycles. The van der Waals surface area contributed by atoms with E-state index in [9.17, 15) is 9.18 Å². The summed E-state index contributed by atoms with van der Waals surface area (Å²) >= 11 is 22.9. The molecule has 1 aliphatic heterocycles. The van der Waals surface area contributed by atoms with Crippen LogP contribution in [0.25, 0.3) is 39.2 Å². The van der Waals surface area contributed by atoms with E-state index >= 15 is 0 Å². The molecule has 0 bridgehead atoms. The summed E-state index contributed by atoms with van der Waals surface area (Å²) in [6.45, 7) is 10.0. The number of methoxy groups -OCH3 is 3. The Balaban J connectivity index is 0.993. The van der Waals surface area contributed by atoms with Gasteiger partial charge in [-0.3, -0.25) is 0 Å². The molecule has 3 atom stereocenters. The predicted molar refractivity (Wildman–Crippen MR) is 368 cm³/mol. The number of rotatable bonds is 29. The monoisotopic (exact) mass is 1360 g/mol. The minimum Gasteiger partial charge on any atom is -0.497 e. The van der Waals surface area contributed by atoms with Crippen LogP contribution < -0.4 is 33.2 Å². The van der Waals surface area contributed by atoms with Gasteiger partial charge in [0, 0.05) is 48.1 Å². The van der Waals surface area contributed by atoms with Gasteiger partial charge in [-0.2, -0.15) is 0 Å². The van der Waals surface area contributed by atoms with Gasteiger partial charge in [-0.25, -0.2) is 24.1 Å². The molecule has 11 rings (SSSR count). The van der Waals surface area contributed by atoms with Crippen LogP contribution in [0.2, 0.25) is 15.2 Å². The fraction of sp³-hybridized carbons (Fsp3) is 0.263. The molecule has 1 unspecified atom stereocenters. The van der Waals surface area contributed by atoms with E-state index in [1.807, 2.05) is 117 Å². The Morgan fingerprint density at radius 2 is 1.42 bits per heavy atom. The molecule has 0 amide bonds. The number of hydrogen-bond donors (Lipinski definition) is 0. The summed E-state index contributed by atoms with van der Waals surface area (Å²) in [6, 6.07) is 45.9. The van der Waals surface area contributed by atoms with Crippen LogP contribution >= 0.6 is 34.8 Å². The molecule has 0 aliphatic carbocycles. The summed E-state index contributed by atoms with van der Waals surface area (Å²) in [4.78, 5) is 28.8. The Kier molecular flexibility index (Phi) is 22.4. The molecule has 20 heteroatoms. The molecule has 0 saturated carbocycles. The topological polar surface area (TPSA) is 162 Å². The fourth-order valence-electron chi connectivity index (χ4n) is 11.8. The highest BCUT2D eigenvalue weighted by atomic mass is 35.5. The molecule has 16 nitrogen and oxygen atoms in total. The molecule has 1 fully saturated rings. The first-order valence-corrected chi connectivity index (χ1v) is 32.5. The first-order valence-electron chi connectivity index (χ1n) is 31.4. The van der Waals surface area contributed by atoms with Crippen LogP contribution in [0.15, 0.2) is 183 Å². The lowest BCUT2D eigenvalue weighted by molar-refractivity contribution is -0.151. The molecule has 4 heterocycles. The quantitative estimate of drug-likeness (QED) is 0.0188. The molecule has 0 spiro atoms. The van der Waals surface area contributed by atoms with Gasteiger partial charge in [0.15, 0.2) is 17.9 Å². The predicted octanol–water partition coefficient (Wildman–Crippen LogP) is 16.9. The minimum absolute atomic E-state index is 0.0168. The number of para-hydroxylation sites is 1. The van der Waals surface area contributed by atoms with Crippen molar-refractivity contribution in [2.24, 2.45) is 0 Å². The minimum atomic E-state index is -1.37. The number of esters is 1. The third-order valence-corrected chi connectivity index (χ3v) is 17.8. The Morgan fingerprint density at radius 3 is 2.07 bits per heavy atom. The van der Waals surface area contributed by atoms with Crippen LogP contribution in [0.4, 0.5) is 4.39 Å². The van der Waals surface area contributed by atoms with Crippen molar-refractivity contribution in [1.29, 1.82) is 0 Å². The van der Waals surface area contributed by atoms with Crippen molar-refractivity contribution in [1.82, 2.24) is 19.4 Å². The lowest BCUT2D eigenvalue weighted by Crippen LogP contribution is -2.38. The molecule has 96 heavy (non-hydrogen) atoms. The van der Waals surface area contributed by atoms with Gasteiger partial charge in [-0.1, -0.05) is 120 Å². The second-order valence-corrected chi connectivity index (χ2v) is 23.7. The highest BCUT2D eigenvalue weighted by Crippen LogP contribution is 2.53. The molecule has 1 aliphatic rings. The van der Waals surface area contributed by atoms with Gasteiger partial charge in [0.2, 0.25) is 12.0 Å². The maximum atomic E-state index is 15.0. The van der Waals surface area contributed by atoms with E-state index in [2.05, 4.69) is 11.6 Å². The van der Waals surface area contributed by atoms with E-state index in [-0.39, 0.29) is 66.3 Å². The van der Waals surface area contributed by atoms with Crippen LogP contribution in [-0.4, -0.2) is 98.2 Å². The smallest absolute Gasteiger partial charge is 0.347 e. The van der Waals surface area contributed by atoms with Crippen LogP contribution in [0.3, 0.4) is 0 Å². The van der Waals surface area contributed by atoms with Crippen molar-refractivity contribution < 1.29 is 61.3 Å². The summed E-state index contributed by atoms with van der Waals surface area (Å²) in [5.41, 5.74) is 6.33. The third kappa shape index (κ3) is 14.9. The van der Waals surface area contributed by atoms with Gasteiger partial charge in [0.1, 0.15) is 63.5 Å². The highest BCUT2D eigenvalue weighted by Gasteiger charge is 2.40. The van der Waals surface area contributed by atoms with Crippen LogP contribution in [0.1, 0.15) is 65.3 Å². The number of ether oxygens (including phenoxy) is 11. The second kappa shape index (κ2) is 31.6. The van der Waals surface area contributed by atoms with Gasteiger partial charge >= 0.3 is 5.97 Å². The lowest BCUT2D eigenvalue weighted by atomic mass is 9.80. The van der Waals surface area contributed by atoms with Crippen molar-refractivity contribution in [2.45, 2.75) is 77.2 Å². The van der Waals surface area contributed by atoms with E-state index in [1.165, 1.54) is 18.3 Å². The average Bonchev–Trinajstić information content (AvgIpc) is 0.882. The first-order chi connectivity index (χ1) is 46.8. The van der Waals surface area contributed by atoms with Crippen molar-refractivity contribution in [3.05, 3.63) is 243 Å². The number of carbonyl (C=O) groups is 1. The molecular weight excluding hydrogens is 1290 g/mol. The van der Waals surface area contributed by atoms with Gasteiger partial charge in [0.25, 0.3) is 0 Å². The summed E-state index contributed by atoms with van der Waals surface area (Å²) in [7, 11) is 4.83. The SMILES string of the molecule is C=CCOC[C@H](COC(c1ccccc1)(c1ccc(OC)cc1)c1ccc(OC)cc1)Oc1c(Cl)c(C)c(-c2c(-c3ccc(F)cc3)c(Cl)n3ccnc(O[C@H](Cc4cc(OC5CCCCO5)ccc4OCc4ccnc(-c5ccccc5OC)n4)C(=O)OCC)c23)c(C)c1Cl. The number of aromatic nitrogens is 4. The normalized spacial score (nSPS) is 13.8.